The van der Waals surface area contributed by atoms with Crippen molar-refractivity contribution in [3.05, 3.63) is 64.6 Å². The van der Waals surface area contributed by atoms with Gasteiger partial charge in [0.25, 0.3) is 0 Å². The molecule has 0 unspecified atom stereocenters. The maximum Gasteiger partial charge on any atom is 0.240 e. The van der Waals surface area contributed by atoms with E-state index in [0.29, 0.717) is 10.9 Å². The summed E-state index contributed by atoms with van der Waals surface area (Å²) in [4.78, 5) is 24.1. The number of amidine groups is 1. The van der Waals surface area contributed by atoms with E-state index in [0.717, 1.165) is 10.0 Å². The van der Waals surface area contributed by atoms with Crippen LogP contribution in [0, 0.1) is 0 Å². The molecule has 1 atom stereocenters. The van der Waals surface area contributed by atoms with Crippen molar-refractivity contribution in [1.29, 1.82) is 0 Å². The fraction of sp³-hybridized carbons (Fsp3) is 0.111. The lowest BCUT2D eigenvalue weighted by molar-refractivity contribution is -0.122. The van der Waals surface area contributed by atoms with E-state index in [1.165, 1.54) is 11.8 Å². The molecule has 1 aliphatic rings. The van der Waals surface area contributed by atoms with Crippen LogP contribution in [0.4, 0.5) is 5.69 Å². The van der Waals surface area contributed by atoms with Crippen molar-refractivity contribution < 1.29 is 9.59 Å². The Bertz CT molecular complexity index is 853. The van der Waals surface area contributed by atoms with Gasteiger partial charge in [-0.25, -0.2) is 0 Å². The van der Waals surface area contributed by atoms with Crippen LogP contribution in [0.3, 0.4) is 0 Å². The first-order valence-electron chi connectivity index (χ1n) is 7.79. The highest BCUT2D eigenvalue weighted by molar-refractivity contribution is 9.10. The number of thioether (sulfide) groups is 1. The van der Waals surface area contributed by atoms with Crippen LogP contribution >= 0.6 is 27.7 Å². The highest BCUT2D eigenvalue weighted by atomic mass is 79.9. The molecule has 132 valence electrons. The third kappa shape index (κ3) is 5.27. The average molecular weight is 431 g/mol. The molecule has 2 aromatic carbocycles. The summed E-state index contributed by atoms with van der Waals surface area (Å²) in [5.41, 5.74) is 1.60. The van der Waals surface area contributed by atoms with E-state index in [-0.39, 0.29) is 18.2 Å². The molecular weight excluding hydrogens is 416 g/mol. The number of carbonyl (C=O) groups excluding carboxylic acids is 2. The molecule has 8 heteroatoms. The summed E-state index contributed by atoms with van der Waals surface area (Å²) in [6.45, 7) is 0. The summed E-state index contributed by atoms with van der Waals surface area (Å²) in [6.07, 6.45) is 1.67. The van der Waals surface area contributed by atoms with Crippen LogP contribution in [0.15, 0.2) is 69.3 Å². The second kappa shape index (κ2) is 8.77. The molecule has 2 aromatic rings. The summed E-state index contributed by atoms with van der Waals surface area (Å²) in [5.74, 6) is -0.469. The van der Waals surface area contributed by atoms with Gasteiger partial charge in [-0.2, -0.15) is 5.10 Å². The van der Waals surface area contributed by atoms with Gasteiger partial charge in [0.05, 0.1) is 6.21 Å². The summed E-state index contributed by atoms with van der Waals surface area (Å²) < 4.78 is 0.929. The second-order valence-electron chi connectivity index (χ2n) is 5.42. The molecule has 2 N–H and O–H groups in total. The van der Waals surface area contributed by atoms with Gasteiger partial charge in [-0.15, -0.1) is 5.10 Å². The van der Waals surface area contributed by atoms with Gasteiger partial charge in [-0.3, -0.25) is 9.59 Å². The van der Waals surface area contributed by atoms with E-state index >= 15 is 0 Å². The summed E-state index contributed by atoms with van der Waals surface area (Å²) >= 11 is 4.54. The van der Waals surface area contributed by atoms with Gasteiger partial charge < -0.3 is 10.6 Å². The van der Waals surface area contributed by atoms with Crippen LogP contribution < -0.4 is 10.6 Å². The van der Waals surface area contributed by atoms with Crippen LogP contribution in [-0.2, 0) is 9.59 Å². The molecule has 3 rings (SSSR count). The van der Waals surface area contributed by atoms with Crippen molar-refractivity contribution in [2.45, 2.75) is 11.7 Å². The number of nitrogens with zero attached hydrogens (tertiary/aromatic N) is 2. The SMILES string of the molecule is O=C(C[C@H]1S/C(=N\N=C/c2ccccc2)NC1=O)Nc1ccc(Br)cc1. The monoisotopic (exact) mass is 430 g/mol. The van der Waals surface area contributed by atoms with E-state index in [2.05, 4.69) is 36.8 Å². The van der Waals surface area contributed by atoms with Crippen molar-refractivity contribution >= 4 is 56.6 Å². The second-order valence-corrected chi connectivity index (χ2v) is 7.52. The molecular formula is C18H15BrN4O2S. The van der Waals surface area contributed by atoms with Gasteiger partial charge in [0.2, 0.25) is 11.8 Å². The summed E-state index contributed by atoms with van der Waals surface area (Å²) in [5, 5.41) is 13.3. The molecule has 2 amide bonds. The fourth-order valence-electron chi connectivity index (χ4n) is 2.19. The van der Waals surface area contributed by atoms with Gasteiger partial charge in [0.1, 0.15) is 5.25 Å². The van der Waals surface area contributed by atoms with Crippen LogP contribution in [0.25, 0.3) is 0 Å². The lowest BCUT2D eigenvalue weighted by atomic mass is 10.2. The number of anilines is 1. The highest BCUT2D eigenvalue weighted by Crippen LogP contribution is 2.23. The lowest BCUT2D eigenvalue weighted by Crippen LogP contribution is -2.28. The fourth-order valence-corrected chi connectivity index (χ4v) is 3.38. The summed E-state index contributed by atoms with van der Waals surface area (Å²) in [6, 6.07) is 16.8. The number of nitrogens with one attached hydrogen (secondary N) is 2. The number of halogens is 1. The predicted octanol–water partition coefficient (Wildman–Crippen LogP) is 3.40. The zero-order valence-corrected chi connectivity index (χ0v) is 16.0. The average Bonchev–Trinajstić information content (AvgIpc) is 2.97. The third-order valence-electron chi connectivity index (χ3n) is 3.43. The molecule has 0 saturated carbocycles. The Hall–Kier alpha value is -2.45. The largest absolute Gasteiger partial charge is 0.326 e. The number of hydrogen-bond donors (Lipinski definition) is 2. The van der Waals surface area contributed by atoms with Gasteiger partial charge in [0, 0.05) is 16.6 Å². The van der Waals surface area contributed by atoms with Gasteiger partial charge in [-0.1, -0.05) is 58.0 Å². The molecule has 1 aliphatic heterocycles. The number of hydrogen-bond acceptors (Lipinski definition) is 5. The molecule has 6 nitrogen and oxygen atoms in total. The van der Waals surface area contributed by atoms with Crippen LogP contribution in [0.2, 0.25) is 0 Å². The van der Waals surface area contributed by atoms with Crippen molar-refractivity contribution in [3.8, 4) is 0 Å². The maximum atomic E-state index is 12.1. The maximum absolute atomic E-state index is 12.1. The Morgan fingerprint density at radius 3 is 2.65 bits per heavy atom. The predicted molar refractivity (Wildman–Crippen MR) is 108 cm³/mol. The lowest BCUT2D eigenvalue weighted by Gasteiger charge is -2.07. The number of rotatable bonds is 5. The Kier molecular flexibility index (Phi) is 6.19. The Balaban J connectivity index is 1.54. The molecule has 1 saturated heterocycles. The van der Waals surface area contributed by atoms with E-state index in [4.69, 9.17) is 0 Å². The van der Waals surface area contributed by atoms with Crippen molar-refractivity contribution in [3.63, 3.8) is 0 Å². The van der Waals surface area contributed by atoms with E-state index in [9.17, 15) is 9.59 Å². The summed E-state index contributed by atoms with van der Waals surface area (Å²) in [7, 11) is 0. The quantitative estimate of drug-likeness (QED) is 0.563. The van der Waals surface area contributed by atoms with Gasteiger partial charge in [0.15, 0.2) is 5.17 Å². The third-order valence-corrected chi connectivity index (χ3v) is 5.03. The van der Waals surface area contributed by atoms with Gasteiger partial charge >= 0.3 is 0 Å². The molecule has 0 aliphatic carbocycles. The molecule has 1 heterocycles. The number of carbonyl (C=O) groups is 2. The van der Waals surface area contributed by atoms with E-state index < -0.39 is 5.25 Å². The minimum Gasteiger partial charge on any atom is -0.326 e. The molecule has 26 heavy (non-hydrogen) atoms. The first-order chi connectivity index (χ1) is 12.6. The smallest absolute Gasteiger partial charge is 0.240 e. The van der Waals surface area contributed by atoms with E-state index in [1.54, 1.807) is 18.3 Å². The Morgan fingerprint density at radius 1 is 1.19 bits per heavy atom. The molecule has 0 spiro atoms. The first kappa shape index (κ1) is 18.3. The minimum absolute atomic E-state index is 0.0635. The highest BCUT2D eigenvalue weighted by Gasteiger charge is 2.32. The normalized spacial score (nSPS) is 18.3. The van der Waals surface area contributed by atoms with Crippen molar-refractivity contribution in [2.75, 3.05) is 5.32 Å². The number of amides is 2. The Labute approximate surface area is 163 Å². The minimum atomic E-state index is -0.517. The molecule has 0 aromatic heterocycles. The zero-order chi connectivity index (χ0) is 18.4. The number of benzene rings is 2. The Morgan fingerprint density at radius 2 is 1.92 bits per heavy atom. The molecule has 0 bridgehead atoms. The van der Waals surface area contributed by atoms with Crippen LogP contribution in [-0.4, -0.2) is 28.4 Å². The first-order valence-corrected chi connectivity index (χ1v) is 9.46. The molecule has 0 radical (unpaired) electrons. The molecule has 1 fully saturated rings. The topological polar surface area (TPSA) is 82.9 Å². The van der Waals surface area contributed by atoms with Crippen molar-refractivity contribution in [2.24, 2.45) is 10.2 Å². The van der Waals surface area contributed by atoms with Crippen molar-refractivity contribution in [1.82, 2.24) is 5.32 Å². The zero-order valence-electron chi connectivity index (χ0n) is 13.6. The standard InChI is InChI=1S/C18H15BrN4O2S/c19-13-6-8-14(9-7-13)21-16(24)10-15-17(25)22-18(26-15)23-20-11-12-4-2-1-3-5-12/h1-9,11,15H,10H2,(H,21,24)(H,22,23,25)/b20-11-/t15-/m1/s1. The van der Waals surface area contributed by atoms with Crippen LogP contribution in [0.1, 0.15) is 12.0 Å². The van der Waals surface area contributed by atoms with E-state index in [1.807, 2.05) is 42.5 Å². The van der Waals surface area contributed by atoms with Gasteiger partial charge in [-0.05, 0) is 29.8 Å². The van der Waals surface area contributed by atoms with Crippen LogP contribution in [0.5, 0.6) is 0 Å².